The van der Waals surface area contributed by atoms with Gasteiger partial charge in [0.1, 0.15) is 0 Å². The van der Waals surface area contributed by atoms with Gasteiger partial charge >= 0.3 is 0 Å². The smallest absolute Gasteiger partial charge is 0.0255 e. The number of halogens is 1. The van der Waals surface area contributed by atoms with Crippen LogP contribution in [-0.2, 0) is 6.42 Å². The standard InChI is InChI=1S/C17H27Cl/c1-3-5-9-15(4-2)12-17(14-18)13-16-10-7-6-8-11-16/h6-8,10-11,15,17H,3-5,9,12-14H2,1-2H3. The summed E-state index contributed by atoms with van der Waals surface area (Å²) in [6, 6.07) is 10.7. The van der Waals surface area contributed by atoms with Crippen LogP contribution in [0.15, 0.2) is 30.3 Å². The Morgan fingerprint density at radius 1 is 1.06 bits per heavy atom. The third kappa shape index (κ3) is 5.91. The highest BCUT2D eigenvalue weighted by Gasteiger charge is 2.14. The van der Waals surface area contributed by atoms with E-state index < -0.39 is 0 Å². The van der Waals surface area contributed by atoms with E-state index in [-0.39, 0.29) is 0 Å². The maximum Gasteiger partial charge on any atom is 0.0255 e. The fourth-order valence-corrected chi connectivity index (χ4v) is 2.84. The Kier molecular flexibility index (Phi) is 8.17. The van der Waals surface area contributed by atoms with E-state index in [4.69, 9.17) is 11.6 Å². The molecule has 0 aliphatic rings. The van der Waals surface area contributed by atoms with Gasteiger partial charge in [-0.1, -0.05) is 69.9 Å². The first kappa shape index (κ1) is 15.6. The summed E-state index contributed by atoms with van der Waals surface area (Å²) in [4.78, 5) is 0. The molecule has 0 nitrogen and oxygen atoms in total. The highest BCUT2D eigenvalue weighted by molar-refractivity contribution is 6.18. The van der Waals surface area contributed by atoms with Gasteiger partial charge in [-0.15, -0.1) is 11.6 Å². The average molecular weight is 267 g/mol. The topological polar surface area (TPSA) is 0 Å². The Bertz CT molecular complexity index is 294. The maximum atomic E-state index is 6.15. The van der Waals surface area contributed by atoms with Crippen molar-refractivity contribution in [2.24, 2.45) is 11.8 Å². The van der Waals surface area contributed by atoms with E-state index in [0.29, 0.717) is 5.92 Å². The molecule has 0 spiro atoms. The van der Waals surface area contributed by atoms with Crippen LogP contribution < -0.4 is 0 Å². The Balaban J connectivity index is 2.45. The van der Waals surface area contributed by atoms with Crippen LogP contribution in [0.25, 0.3) is 0 Å². The van der Waals surface area contributed by atoms with Crippen LogP contribution in [0, 0.1) is 11.8 Å². The van der Waals surface area contributed by atoms with Gasteiger partial charge in [0, 0.05) is 5.88 Å². The molecule has 102 valence electrons. The van der Waals surface area contributed by atoms with Crippen LogP contribution in [0.3, 0.4) is 0 Å². The molecule has 0 heterocycles. The zero-order chi connectivity index (χ0) is 13.2. The molecule has 1 rings (SSSR count). The predicted molar refractivity (Wildman–Crippen MR) is 82.3 cm³/mol. The highest BCUT2D eigenvalue weighted by atomic mass is 35.5. The Labute approximate surface area is 118 Å². The highest BCUT2D eigenvalue weighted by Crippen LogP contribution is 2.25. The van der Waals surface area contributed by atoms with E-state index in [0.717, 1.165) is 18.2 Å². The van der Waals surface area contributed by atoms with Crippen LogP contribution in [-0.4, -0.2) is 5.88 Å². The second kappa shape index (κ2) is 9.44. The van der Waals surface area contributed by atoms with Crippen molar-refractivity contribution in [2.45, 2.75) is 52.4 Å². The number of hydrogen-bond acceptors (Lipinski definition) is 0. The summed E-state index contributed by atoms with van der Waals surface area (Å²) in [5.74, 6) is 2.28. The molecule has 0 aromatic heterocycles. The molecule has 0 saturated heterocycles. The van der Waals surface area contributed by atoms with Crippen molar-refractivity contribution in [3.63, 3.8) is 0 Å². The van der Waals surface area contributed by atoms with E-state index in [9.17, 15) is 0 Å². The lowest BCUT2D eigenvalue weighted by Crippen LogP contribution is -2.13. The molecule has 2 atom stereocenters. The lowest BCUT2D eigenvalue weighted by Gasteiger charge is -2.21. The van der Waals surface area contributed by atoms with Crippen molar-refractivity contribution in [1.29, 1.82) is 0 Å². The van der Waals surface area contributed by atoms with Crippen LogP contribution >= 0.6 is 11.6 Å². The van der Waals surface area contributed by atoms with Gasteiger partial charge in [0.05, 0.1) is 0 Å². The SMILES string of the molecule is CCCCC(CC)CC(CCl)Cc1ccccc1. The lowest BCUT2D eigenvalue weighted by molar-refractivity contribution is 0.353. The lowest BCUT2D eigenvalue weighted by atomic mass is 9.86. The molecule has 0 aliphatic carbocycles. The van der Waals surface area contributed by atoms with E-state index in [1.165, 1.54) is 37.7 Å². The van der Waals surface area contributed by atoms with Gasteiger partial charge in [-0.25, -0.2) is 0 Å². The van der Waals surface area contributed by atoms with E-state index >= 15 is 0 Å². The van der Waals surface area contributed by atoms with E-state index in [1.807, 2.05) is 0 Å². The molecule has 0 aliphatic heterocycles. The van der Waals surface area contributed by atoms with Gasteiger partial charge in [-0.3, -0.25) is 0 Å². The zero-order valence-electron chi connectivity index (χ0n) is 11.9. The molecule has 1 aromatic rings. The van der Waals surface area contributed by atoms with Crippen molar-refractivity contribution in [3.05, 3.63) is 35.9 Å². The summed E-state index contributed by atoms with van der Waals surface area (Å²) in [6.07, 6.45) is 7.75. The Morgan fingerprint density at radius 2 is 1.78 bits per heavy atom. The summed E-state index contributed by atoms with van der Waals surface area (Å²) >= 11 is 6.15. The zero-order valence-corrected chi connectivity index (χ0v) is 12.6. The molecule has 2 unspecified atom stereocenters. The van der Waals surface area contributed by atoms with Crippen molar-refractivity contribution in [1.82, 2.24) is 0 Å². The van der Waals surface area contributed by atoms with Crippen molar-refractivity contribution < 1.29 is 0 Å². The summed E-state index contributed by atoms with van der Waals surface area (Å²) in [5.41, 5.74) is 1.42. The molecule has 0 saturated carbocycles. The van der Waals surface area contributed by atoms with Gasteiger partial charge in [-0.05, 0) is 30.2 Å². The van der Waals surface area contributed by atoms with Gasteiger partial charge in [-0.2, -0.15) is 0 Å². The first-order chi connectivity index (χ1) is 8.80. The fourth-order valence-electron chi connectivity index (χ4n) is 2.60. The molecule has 1 heteroatoms. The Morgan fingerprint density at radius 3 is 2.33 bits per heavy atom. The molecule has 18 heavy (non-hydrogen) atoms. The van der Waals surface area contributed by atoms with Gasteiger partial charge in [0.15, 0.2) is 0 Å². The first-order valence-corrected chi connectivity index (χ1v) is 7.93. The van der Waals surface area contributed by atoms with Gasteiger partial charge < -0.3 is 0 Å². The molecule has 0 radical (unpaired) electrons. The summed E-state index contributed by atoms with van der Waals surface area (Å²) < 4.78 is 0. The maximum absolute atomic E-state index is 6.15. The number of benzene rings is 1. The minimum absolute atomic E-state index is 0.635. The largest absolute Gasteiger partial charge is 0.126 e. The molecule has 0 amide bonds. The Hall–Kier alpha value is -0.490. The van der Waals surface area contributed by atoms with Crippen molar-refractivity contribution >= 4 is 11.6 Å². The number of hydrogen-bond donors (Lipinski definition) is 0. The predicted octanol–water partition coefficient (Wildman–Crippen LogP) is 5.69. The van der Waals surface area contributed by atoms with Crippen LogP contribution in [0.5, 0.6) is 0 Å². The second-order valence-corrected chi connectivity index (χ2v) is 5.67. The summed E-state index contributed by atoms with van der Waals surface area (Å²) in [7, 11) is 0. The van der Waals surface area contributed by atoms with Crippen molar-refractivity contribution in [2.75, 3.05) is 5.88 Å². The minimum atomic E-state index is 0.635. The number of rotatable bonds is 9. The van der Waals surface area contributed by atoms with Crippen LogP contribution in [0.2, 0.25) is 0 Å². The molecule has 0 bridgehead atoms. The average Bonchev–Trinajstić information content (AvgIpc) is 2.43. The fraction of sp³-hybridized carbons (Fsp3) is 0.647. The summed E-state index contributed by atoms with van der Waals surface area (Å²) in [5, 5.41) is 0. The monoisotopic (exact) mass is 266 g/mol. The first-order valence-electron chi connectivity index (χ1n) is 7.40. The van der Waals surface area contributed by atoms with E-state index in [2.05, 4.69) is 44.2 Å². The minimum Gasteiger partial charge on any atom is -0.126 e. The van der Waals surface area contributed by atoms with Gasteiger partial charge in [0.2, 0.25) is 0 Å². The van der Waals surface area contributed by atoms with Crippen molar-refractivity contribution in [3.8, 4) is 0 Å². The normalized spacial score (nSPS) is 14.4. The third-order valence-electron chi connectivity index (χ3n) is 3.80. The molecule has 0 N–H and O–H groups in total. The summed E-state index contributed by atoms with van der Waals surface area (Å²) in [6.45, 7) is 4.59. The molecular weight excluding hydrogens is 240 g/mol. The van der Waals surface area contributed by atoms with E-state index in [1.54, 1.807) is 0 Å². The second-order valence-electron chi connectivity index (χ2n) is 5.36. The molecular formula is C17H27Cl. The van der Waals surface area contributed by atoms with Crippen LogP contribution in [0.4, 0.5) is 0 Å². The quantitative estimate of drug-likeness (QED) is 0.504. The van der Waals surface area contributed by atoms with Gasteiger partial charge in [0.25, 0.3) is 0 Å². The number of unbranched alkanes of at least 4 members (excludes halogenated alkanes) is 1. The third-order valence-corrected chi connectivity index (χ3v) is 4.23. The molecule has 1 aromatic carbocycles. The number of alkyl halides is 1. The molecule has 0 fully saturated rings. The van der Waals surface area contributed by atoms with Crippen LogP contribution in [0.1, 0.15) is 51.5 Å².